The standard InChI is InChI=1S/C32H37NO3S/c1-23-7-14-28-29(20-24-8-9-26(30(21-24)35-2)22-33-15-3-4-16-33)32(37-31(28)19-23)25-10-12-27(13-11-25)36-18-6-5-17-34/h7-14,19,21,34H,3-6,15-18,20,22H2,1-2H3. The lowest BCUT2D eigenvalue weighted by molar-refractivity contribution is 0.253. The number of aliphatic hydroxyl groups excluding tert-OH is 1. The van der Waals surface area contributed by atoms with Crippen LogP contribution in [0.1, 0.15) is 47.9 Å². The second-order valence-electron chi connectivity index (χ2n) is 10.0. The smallest absolute Gasteiger partial charge is 0.123 e. The number of unbranched alkanes of at least 4 members (excludes halogenated alkanes) is 1. The topological polar surface area (TPSA) is 41.9 Å². The Morgan fingerprint density at radius 2 is 1.76 bits per heavy atom. The van der Waals surface area contributed by atoms with Crippen molar-refractivity contribution in [2.75, 3.05) is 33.4 Å². The Balaban J connectivity index is 1.43. The molecule has 5 rings (SSSR count). The van der Waals surface area contributed by atoms with Gasteiger partial charge in [0.25, 0.3) is 0 Å². The Kier molecular flexibility index (Phi) is 8.45. The largest absolute Gasteiger partial charge is 0.496 e. The molecule has 1 saturated heterocycles. The van der Waals surface area contributed by atoms with E-state index in [4.69, 9.17) is 14.6 Å². The van der Waals surface area contributed by atoms with Crippen molar-refractivity contribution < 1.29 is 14.6 Å². The quantitative estimate of drug-likeness (QED) is 0.214. The number of likely N-dealkylation sites (tertiary alicyclic amines) is 1. The molecule has 1 fully saturated rings. The van der Waals surface area contributed by atoms with Gasteiger partial charge in [0.2, 0.25) is 0 Å². The number of nitrogens with zero attached hydrogens (tertiary/aromatic N) is 1. The minimum absolute atomic E-state index is 0.212. The fraction of sp³-hybridized carbons (Fsp3) is 0.375. The molecular formula is C32H37NO3S. The van der Waals surface area contributed by atoms with Crippen LogP contribution in [-0.4, -0.2) is 43.4 Å². The van der Waals surface area contributed by atoms with Crippen LogP contribution in [0.5, 0.6) is 11.5 Å². The zero-order valence-electron chi connectivity index (χ0n) is 22.0. The molecular weight excluding hydrogens is 478 g/mol. The minimum atomic E-state index is 0.212. The number of ether oxygens (including phenoxy) is 2. The van der Waals surface area contributed by atoms with Crippen molar-refractivity contribution in [2.45, 2.75) is 45.6 Å². The van der Waals surface area contributed by atoms with Crippen LogP contribution in [0.25, 0.3) is 20.5 Å². The van der Waals surface area contributed by atoms with Gasteiger partial charge in [0.05, 0.1) is 13.7 Å². The van der Waals surface area contributed by atoms with Crippen LogP contribution in [0.3, 0.4) is 0 Å². The first-order valence-corrected chi connectivity index (χ1v) is 14.2. The summed E-state index contributed by atoms with van der Waals surface area (Å²) in [5.41, 5.74) is 6.41. The van der Waals surface area contributed by atoms with Crippen molar-refractivity contribution >= 4 is 21.4 Å². The Morgan fingerprint density at radius 3 is 2.51 bits per heavy atom. The molecule has 1 aromatic heterocycles. The fourth-order valence-electron chi connectivity index (χ4n) is 5.19. The number of hydrogen-bond acceptors (Lipinski definition) is 5. The van der Waals surface area contributed by atoms with Gasteiger partial charge in [-0.2, -0.15) is 0 Å². The lowest BCUT2D eigenvalue weighted by Crippen LogP contribution is -2.18. The molecule has 5 heteroatoms. The second-order valence-corrected chi connectivity index (χ2v) is 11.1. The predicted molar refractivity (Wildman–Crippen MR) is 154 cm³/mol. The van der Waals surface area contributed by atoms with Crippen molar-refractivity contribution in [2.24, 2.45) is 0 Å². The van der Waals surface area contributed by atoms with Gasteiger partial charge in [0, 0.05) is 28.3 Å². The molecule has 194 valence electrons. The zero-order chi connectivity index (χ0) is 25.6. The molecule has 37 heavy (non-hydrogen) atoms. The highest BCUT2D eigenvalue weighted by molar-refractivity contribution is 7.22. The van der Waals surface area contributed by atoms with Crippen molar-refractivity contribution in [3.8, 4) is 21.9 Å². The Morgan fingerprint density at radius 1 is 0.946 bits per heavy atom. The van der Waals surface area contributed by atoms with Crippen LogP contribution in [0.2, 0.25) is 0 Å². The number of thiophene rings is 1. The van der Waals surface area contributed by atoms with Crippen molar-refractivity contribution in [3.05, 3.63) is 82.9 Å². The van der Waals surface area contributed by atoms with Gasteiger partial charge in [-0.3, -0.25) is 4.90 Å². The van der Waals surface area contributed by atoms with Crippen molar-refractivity contribution in [3.63, 3.8) is 0 Å². The molecule has 1 aliphatic rings. The third kappa shape index (κ3) is 6.18. The third-order valence-corrected chi connectivity index (χ3v) is 8.45. The van der Waals surface area contributed by atoms with E-state index in [2.05, 4.69) is 72.5 Å². The van der Waals surface area contributed by atoms with E-state index in [1.165, 1.54) is 68.7 Å². The molecule has 0 saturated carbocycles. The van der Waals surface area contributed by atoms with E-state index in [1.54, 1.807) is 7.11 Å². The molecule has 0 aliphatic carbocycles. The normalized spacial score (nSPS) is 13.9. The van der Waals surface area contributed by atoms with Gasteiger partial charge in [-0.15, -0.1) is 11.3 Å². The van der Waals surface area contributed by atoms with Crippen LogP contribution < -0.4 is 9.47 Å². The lowest BCUT2D eigenvalue weighted by Gasteiger charge is -2.18. The molecule has 3 aromatic carbocycles. The molecule has 0 radical (unpaired) electrons. The predicted octanol–water partition coefficient (Wildman–Crippen LogP) is 7.22. The average molecular weight is 516 g/mol. The summed E-state index contributed by atoms with van der Waals surface area (Å²) in [6.45, 7) is 6.32. The molecule has 2 heterocycles. The maximum atomic E-state index is 8.97. The number of aryl methyl sites for hydroxylation is 1. The fourth-order valence-corrected chi connectivity index (χ4v) is 6.51. The van der Waals surface area contributed by atoms with E-state index < -0.39 is 0 Å². The van der Waals surface area contributed by atoms with E-state index in [-0.39, 0.29) is 6.61 Å². The maximum absolute atomic E-state index is 8.97. The van der Waals surface area contributed by atoms with Gasteiger partial charge in [0.1, 0.15) is 11.5 Å². The highest BCUT2D eigenvalue weighted by Crippen LogP contribution is 2.41. The number of benzene rings is 3. The first-order valence-electron chi connectivity index (χ1n) is 13.4. The zero-order valence-corrected chi connectivity index (χ0v) is 22.8. The molecule has 1 aliphatic heterocycles. The van der Waals surface area contributed by atoms with Crippen LogP contribution >= 0.6 is 11.3 Å². The minimum Gasteiger partial charge on any atom is -0.496 e. The summed E-state index contributed by atoms with van der Waals surface area (Å²) in [5.74, 6) is 1.86. The SMILES string of the molecule is COc1cc(Cc2c(-c3ccc(OCCCCO)cc3)sc3cc(C)ccc23)ccc1CN1CCCC1. The van der Waals surface area contributed by atoms with E-state index in [0.29, 0.717) is 6.61 Å². The number of methoxy groups -OCH3 is 1. The third-order valence-electron chi connectivity index (χ3n) is 7.21. The molecule has 0 amide bonds. The molecule has 4 aromatic rings. The molecule has 1 N–H and O–H groups in total. The highest BCUT2D eigenvalue weighted by atomic mass is 32.1. The van der Waals surface area contributed by atoms with Crippen molar-refractivity contribution in [1.29, 1.82) is 0 Å². The molecule has 0 bridgehead atoms. The number of hydrogen-bond donors (Lipinski definition) is 1. The summed E-state index contributed by atoms with van der Waals surface area (Å²) >= 11 is 1.87. The maximum Gasteiger partial charge on any atom is 0.123 e. The Hall–Kier alpha value is -2.86. The summed E-state index contributed by atoms with van der Waals surface area (Å²) in [5, 5.41) is 10.3. The number of fused-ring (bicyclic) bond motifs is 1. The summed E-state index contributed by atoms with van der Waals surface area (Å²) in [7, 11) is 1.79. The molecule has 0 spiro atoms. The average Bonchev–Trinajstić information content (AvgIpc) is 3.55. The highest BCUT2D eigenvalue weighted by Gasteiger charge is 2.18. The number of aliphatic hydroxyl groups is 1. The summed E-state index contributed by atoms with van der Waals surface area (Å²) in [4.78, 5) is 3.83. The van der Waals surface area contributed by atoms with Crippen LogP contribution in [0, 0.1) is 6.92 Å². The van der Waals surface area contributed by atoms with Gasteiger partial charge in [-0.25, -0.2) is 0 Å². The van der Waals surface area contributed by atoms with Gasteiger partial charge >= 0.3 is 0 Å². The summed E-state index contributed by atoms with van der Waals surface area (Å²) in [6, 6.07) is 22.0. The van der Waals surface area contributed by atoms with Gasteiger partial charge < -0.3 is 14.6 Å². The summed E-state index contributed by atoms with van der Waals surface area (Å²) in [6.07, 6.45) is 5.08. The molecule has 0 atom stereocenters. The Bertz CT molecular complexity index is 1320. The second kappa shape index (κ2) is 12.1. The van der Waals surface area contributed by atoms with Gasteiger partial charge in [0.15, 0.2) is 0 Å². The molecule has 4 nitrogen and oxygen atoms in total. The van der Waals surface area contributed by atoms with E-state index >= 15 is 0 Å². The van der Waals surface area contributed by atoms with Crippen LogP contribution in [0.15, 0.2) is 60.7 Å². The van der Waals surface area contributed by atoms with Gasteiger partial charge in [-0.1, -0.05) is 24.3 Å². The Labute approximate surface area is 224 Å². The van der Waals surface area contributed by atoms with E-state index in [0.717, 1.165) is 37.3 Å². The van der Waals surface area contributed by atoms with Gasteiger partial charge in [-0.05, 0) is 116 Å². The van der Waals surface area contributed by atoms with Crippen molar-refractivity contribution in [1.82, 2.24) is 4.90 Å². The van der Waals surface area contributed by atoms with E-state index in [1.807, 2.05) is 11.3 Å². The summed E-state index contributed by atoms with van der Waals surface area (Å²) < 4.78 is 13.0. The van der Waals surface area contributed by atoms with Crippen LogP contribution in [-0.2, 0) is 13.0 Å². The monoisotopic (exact) mass is 515 g/mol. The van der Waals surface area contributed by atoms with Crippen LogP contribution in [0.4, 0.5) is 0 Å². The lowest BCUT2D eigenvalue weighted by atomic mass is 9.97. The number of rotatable bonds is 11. The first kappa shape index (κ1) is 25.8. The van der Waals surface area contributed by atoms with E-state index in [9.17, 15) is 0 Å². The first-order chi connectivity index (χ1) is 18.1. The molecule has 0 unspecified atom stereocenters.